The van der Waals surface area contributed by atoms with Gasteiger partial charge in [0.25, 0.3) is 5.69 Å². The molecule has 2 aromatic rings. The van der Waals surface area contributed by atoms with Gasteiger partial charge in [0.15, 0.2) is 5.78 Å². The molecular weight excluding hydrogens is 422 g/mol. The molecule has 8 nitrogen and oxygen atoms in total. The van der Waals surface area contributed by atoms with E-state index in [4.69, 9.17) is 0 Å². The van der Waals surface area contributed by atoms with Crippen LogP contribution in [0.1, 0.15) is 37.9 Å². The number of fused-ring (bicyclic) bond motifs is 5. The monoisotopic (exact) mass is 445 g/mol. The van der Waals surface area contributed by atoms with E-state index in [-0.39, 0.29) is 23.1 Å². The molecule has 2 fully saturated rings. The van der Waals surface area contributed by atoms with Crippen molar-refractivity contribution in [2.45, 2.75) is 32.9 Å². The molecule has 5 rings (SSSR count). The molecule has 0 spiro atoms. The highest BCUT2D eigenvalue weighted by atomic mass is 16.6. The molecule has 0 radical (unpaired) electrons. The number of nitro benzene ring substituents is 1. The van der Waals surface area contributed by atoms with Crippen molar-refractivity contribution in [3.63, 3.8) is 0 Å². The number of non-ortho nitro benzene ring substituents is 1. The summed E-state index contributed by atoms with van der Waals surface area (Å²) in [5.41, 5.74) is 1.30. The first-order valence-corrected chi connectivity index (χ1v) is 10.8. The maximum atomic E-state index is 13.7. The predicted molar refractivity (Wildman–Crippen MR) is 121 cm³/mol. The average molecular weight is 445 g/mol. The molecule has 2 saturated heterocycles. The summed E-state index contributed by atoms with van der Waals surface area (Å²) >= 11 is 0. The van der Waals surface area contributed by atoms with Crippen LogP contribution in [0.15, 0.2) is 54.7 Å². The average Bonchev–Trinajstić information content (AvgIpc) is 3.25. The lowest BCUT2D eigenvalue weighted by Crippen LogP contribution is -2.47. The molecule has 3 heterocycles. The topological polar surface area (TPSA) is 101 Å². The fourth-order valence-electron chi connectivity index (χ4n) is 5.28. The molecule has 3 aliphatic rings. The number of rotatable bonds is 3. The van der Waals surface area contributed by atoms with Crippen LogP contribution in [0.3, 0.4) is 0 Å². The van der Waals surface area contributed by atoms with Crippen molar-refractivity contribution < 1.29 is 19.3 Å². The van der Waals surface area contributed by atoms with Crippen LogP contribution < -0.4 is 4.90 Å². The normalized spacial score (nSPS) is 25.7. The lowest BCUT2D eigenvalue weighted by Gasteiger charge is -2.37. The van der Waals surface area contributed by atoms with Crippen LogP contribution in [-0.2, 0) is 14.4 Å². The van der Waals surface area contributed by atoms with Gasteiger partial charge in [0, 0.05) is 23.7 Å². The van der Waals surface area contributed by atoms with E-state index < -0.39 is 40.2 Å². The van der Waals surface area contributed by atoms with Gasteiger partial charge in [0.2, 0.25) is 11.8 Å². The van der Waals surface area contributed by atoms with Gasteiger partial charge in [0.1, 0.15) is 6.04 Å². The lowest BCUT2D eigenvalue weighted by atomic mass is 9.79. The standard InChI is InChI=1S/C25H23N3O5/c1-25(2,3)22(29)21-19-18(20-17-7-5-4-6-14(17)12-13-26(20)21)23(30)27(24(19)31)15-8-10-16(11-9-15)28(32)33/h4-13,18-21H,1-3H3/t18-,19+,20+,21+/m0/s1. The Labute approximate surface area is 190 Å². The second-order valence-corrected chi connectivity index (χ2v) is 9.73. The highest BCUT2D eigenvalue weighted by Gasteiger charge is 2.65. The molecule has 0 N–H and O–H groups in total. The molecule has 0 saturated carbocycles. The van der Waals surface area contributed by atoms with Crippen LogP contribution in [0, 0.1) is 27.4 Å². The molecule has 0 bridgehead atoms. The minimum Gasteiger partial charge on any atom is -0.359 e. The molecule has 2 amide bonds. The highest BCUT2D eigenvalue weighted by molar-refractivity contribution is 6.24. The first-order valence-electron chi connectivity index (χ1n) is 10.8. The number of nitro groups is 1. The van der Waals surface area contributed by atoms with Crippen molar-refractivity contribution >= 4 is 35.0 Å². The van der Waals surface area contributed by atoms with E-state index in [0.29, 0.717) is 0 Å². The predicted octanol–water partition coefficient (Wildman–Crippen LogP) is 3.73. The largest absolute Gasteiger partial charge is 0.359 e. The molecule has 33 heavy (non-hydrogen) atoms. The van der Waals surface area contributed by atoms with Crippen LogP contribution in [-0.4, -0.2) is 33.5 Å². The number of benzene rings is 2. The Morgan fingerprint density at radius 1 is 0.970 bits per heavy atom. The van der Waals surface area contributed by atoms with Gasteiger partial charge in [-0.15, -0.1) is 0 Å². The number of nitrogens with zero attached hydrogens (tertiary/aromatic N) is 3. The van der Waals surface area contributed by atoms with Gasteiger partial charge >= 0.3 is 0 Å². The van der Waals surface area contributed by atoms with E-state index in [9.17, 15) is 24.5 Å². The first kappa shape index (κ1) is 21.1. The van der Waals surface area contributed by atoms with Crippen LogP contribution in [0.25, 0.3) is 6.08 Å². The van der Waals surface area contributed by atoms with Gasteiger partial charge in [-0.2, -0.15) is 0 Å². The Balaban J connectivity index is 1.63. The summed E-state index contributed by atoms with van der Waals surface area (Å²) in [7, 11) is 0. The van der Waals surface area contributed by atoms with Gasteiger partial charge in [-0.3, -0.25) is 24.5 Å². The fourth-order valence-corrected chi connectivity index (χ4v) is 5.28. The second-order valence-electron chi connectivity index (χ2n) is 9.73. The first-order chi connectivity index (χ1) is 15.6. The van der Waals surface area contributed by atoms with Gasteiger partial charge < -0.3 is 4.90 Å². The number of hydrogen-bond acceptors (Lipinski definition) is 6. The minimum atomic E-state index is -0.833. The molecule has 168 valence electrons. The van der Waals surface area contributed by atoms with Crippen molar-refractivity contribution in [2.75, 3.05) is 4.90 Å². The van der Waals surface area contributed by atoms with Crippen LogP contribution in [0.4, 0.5) is 11.4 Å². The maximum Gasteiger partial charge on any atom is 0.269 e. The van der Waals surface area contributed by atoms with Crippen molar-refractivity contribution in [3.8, 4) is 0 Å². The number of carbonyl (C=O) groups is 3. The third-order valence-electron chi connectivity index (χ3n) is 6.79. The van der Waals surface area contributed by atoms with Gasteiger partial charge in [-0.25, -0.2) is 4.90 Å². The number of ketones is 1. The zero-order chi connectivity index (χ0) is 23.7. The van der Waals surface area contributed by atoms with E-state index >= 15 is 0 Å². The summed E-state index contributed by atoms with van der Waals surface area (Å²) in [4.78, 5) is 54.4. The molecule has 3 aliphatic heterocycles. The smallest absolute Gasteiger partial charge is 0.269 e. The van der Waals surface area contributed by atoms with Gasteiger partial charge in [0.05, 0.1) is 28.5 Å². The summed E-state index contributed by atoms with van der Waals surface area (Å²) in [5, 5.41) is 11.0. The molecule has 0 aliphatic carbocycles. The summed E-state index contributed by atoms with van der Waals surface area (Å²) in [6.07, 6.45) is 3.75. The van der Waals surface area contributed by atoms with E-state index in [1.807, 2.05) is 62.2 Å². The number of hydrogen-bond donors (Lipinski definition) is 0. The summed E-state index contributed by atoms with van der Waals surface area (Å²) in [5.74, 6) is -2.49. The van der Waals surface area contributed by atoms with Crippen LogP contribution in [0.5, 0.6) is 0 Å². The Morgan fingerprint density at radius 3 is 2.24 bits per heavy atom. The number of amides is 2. The molecule has 0 unspecified atom stereocenters. The summed E-state index contributed by atoms with van der Waals surface area (Å²) < 4.78 is 0. The Morgan fingerprint density at radius 2 is 1.61 bits per heavy atom. The summed E-state index contributed by atoms with van der Waals surface area (Å²) in [6.45, 7) is 5.44. The SMILES string of the molecule is CC(C)(C)C(=O)[C@H]1[C@@H]2C(=O)N(c3ccc([N+](=O)[O-])cc3)C(=O)[C@@H]2[C@H]2c3ccccc3C=CN21. The number of anilines is 1. The number of carbonyl (C=O) groups excluding carboxylic acids is 3. The minimum absolute atomic E-state index is 0.101. The Bertz CT molecular complexity index is 1230. The Kier molecular flexibility index (Phi) is 4.53. The molecule has 8 heteroatoms. The number of Topliss-reactive ketones (excluding diaryl/α,β-unsaturated/α-hetero) is 1. The zero-order valence-corrected chi connectivity index (χ0v) is 18.5. The molecule has 0 aromatic heterocycles. The molecular formula is C25H23N3O5. The third kappa shape index (κ3) is 3.01. The van der Waals surface area contributed by atoms with E-state index in [1.54, 1.807) is 0 Å². The zero-order valence-electron chi connectivity index (χ0n) is 18.5. The lowest BCUT2D eigenvalue weighted by molar-refractivity contribution is -0.384. The maximum absolute atomic E-state index is 13.7. The van der Waals surface area contributed by atoms with E-state index in [2.05, 4.69) is 0 Å². The summed E-state index contributed by atoms with van der Waals surface area (Å²) in [6, 6.07) is 11.8. The molecule has 2 aromatic carbocycles. The van der Waals surface area contributed by atoms with Gasteiger partial charge in [-0.1, -0.05) is 45.0 Å². The van der Waals surface area contributed by atoms with Gasteiger partial charge in [-0.05, 0) is 29.3 Å². The molecule has 4 atom stereocenters. The number of imide groups is 1. The van der Waals surface area contributed by atoms with Crippen molar-refractivity contribution in [1.29, 1.82) is 0 Å². The van der Waals surface area contributed by atoms with E-state index in [0.717, 1.165) is 16.0 Å². The third-order valence-corrected chi connectivity index (χ3v) is 6.79. The quantitative estimate of drug-likeness (QED) is 0.405. The highest BCUT2D eigenvalue weighted by Crippen LogP contribution is 2.54. The van der Waals surface area contributed by atoms with Crippen molar-refractivity contribution in [2.24, 2.45) is 17.3 Å². The van der Waals surface area contributed by atoms with Crippen LogP contribution in [0.2, 0.25) is 0 Å². The Hall–Kier alpha value is -3.81. The second kappa shape index (κ2) is 7.10. The van der Waals surface area contributed by atoms with Crippen LogP contribution >= 0.6 is 0 Å². The van der Waals surface area contributed by atoms with Crippen molar-refractivity contribution in [1.82, 2.24) is 4.90 Å². The van der Waals surface area contributed by atoms with E-state index in [1.165, 1.54) is 24.3 Å². The van der Waals surface area contributed by atoms with Crippen molar-refractivity contribution in [3.05, 3.63) is 76.0 Å². The fraction of sp³-hybridized carbons (Fsp3) is 0.320.